The molecule has 0 aromatic carbocycles. The van der Waals surface area contributed by atoms with E-state index in [2.05, 4.69) is 21.9 Å². The lowest BCUT2D eigenvalue weighted by Gasteiger charge is -2.14. The Morgan fingerprint density at radius 2 is 2.32 bits per heavy atom. The number of rotatable bonds is 2. The SMILES string of the molecule is Cc1nc(N)c2ncn(C3CC(C)C(CO)O3)c2n1. The molecule has 0 radical (unpaired) electrons. The highest BCUT2D eigenvalue weighted by Gasteiger charge is 2.33. The lowest BCUT2D eigenvalue weighted by molar-refractivity contribution is -0.0277. The van der Waals surface area contributed by atoms with Crippen molar-refractivity contribution in [2.45, 2.75) is 32.6 Å². The van der Waals surface area contributed by atoms with Crippen molar-refractivity contribution >= 4 is 17.0 Å². The zero-order valence-electron chi connectivity index (χ0n) is 10.9. The van der Waals surface area contributed by atoms with Gasteiger partial charge in [0, 0.05) is 0 Å². The first-order valence-corrected chi connectivity index (χ1v) is 6.33. The number of ether oxygens (including phenoxy) is 1. The fraction of sp³-hybridized carbons (Fsp3) is 0.583. The molecule has 19 heavy (non-hydrogen) atoms. The number of fused-ring (bicyclic) bond motifs is 1. The molecule has 3 N–H and O–H groups in total. The van der Waals surface area contributed by atoms with Crippen LogP contribution in [0.1, 0.15) is 25.4 Å². The van der Waals surface area contributed by atoms with Gasteiger partial charge in [0.05, 0.1) is 19.0 Å². The number of imidazole rings is 1. The number of aromatic nitrogens is 4. The molecule has 3 rings (SSSR count). The number of nitrogens with two attached hydrogens (primary N) is 1. The van der Waals surface area contributed by atoms with Crippen molar-refractivity contribution in [1.82, 2.24) is 19.5 Å². The van der Waals surface area contributed by atoms with E-state index >= 15 is 0 Å². The topological polar surface area (TPSA) is 99.1 Å². The predicted molar refractivity (Wildman–Crippen MR) is 69.2 cm³/mol. The van der Waals surface area contributed by atoms with Crippen LogP contribution in [0.2, 0.25) is 0 Å². The number of anilines is 1. The largest absolute Gasteiger partial charge is 0.394 e. The van der Waals surface area contributed by atoms with Gasteiger partial charge < -0.3 is 15.6 Å². The van der Waals surface area contributed by atoms with E-state index in [1.54, 1.807) is 13.3 Å². The summed E-state index contributed by atoms with van der Waals surface area (Å²) in [6.07, 6.45) is 2.19. The maximum absolute atomic E-state index is 9.26. The van der Waals surface area contributed by atoms with Crippen LogP contribution in [0.3, 0.4) is 0 Å². The van der Waals surface area contributed by atoms with E-state index in [0.717, 1.165) is 6.42 Å². The maximum Gasteiger partial charge on any atom is 0.167 e. The Morgan fingerprint density at radius 1 is 1.53 bits per heavy atom. The average Bonchev–Trinajstić information content (AvgIpc) is 2.92. The van der Waals surface area contributed by atoms with Crippen LogP contribution in [0.4, 0.5) is 5.82 Å². The summed E-state index contributed by atoms with van der Waals surface area (Å²) in [6.45, 7) is 3.89. The van der Waals surface area contributed by atoms with Crippen LogP contribution < -0.4 is 5.73 Å². The van der Waals surface area contributed by atoms with Crippen molar-refractivity contribution < 1.29 is 9.84 Å². The van der Waals surface area contributed by atoms with E-state index in [-0.39, 0.29) is 18.9 Å². The van der Waals surface area contributed by atoms with E-state index in [0.29, 0.717) is 28.7 Å². The predicted octanol–water partition coefficient (Wildman–Crippen LogP) is 0.633. The number of nitrogen functional groups attached to an aromatic ring is 1. The van der Waals surface area contributed by atoms with Crippen LogP contribution in [0, 0.1) is 12.8 Å². The molecular formula is C12H17N5O2. The Labute approximate surface area is 110 Å². The first-order chi connectivity index (χ1) is 9.10. The minimum Gasteiger partial charge on any atom is -0.394 e. The van der Waals surface area contributed by atoms with Crippen molar-refractivity contribution in [2.75, 3.05) is 12.3 Å². The fourth-order valence-corrected chi connectivity index (χ4v) is 2.53. The molecule has 3 heterocycles. The van der Waals surface area contributed by atoms with E-state index in [1.165, 1.54) is 0 Å². The Bertz CT molecular complexity index is 611. The third-order valence-electron chi connectivity index (χ3n) is 3.59. The van der Waals surface area contributed by atoms with Gasteiger partial charge in [-0.2, -0.15) is 0 Å². The molecule has 7 nitrogen and oxygen atoms in total. The second-order valence-corrected chi connectivity index (χ2v) is 5.00. The third-order valence-corrected chi connectivity index (χ3v) is 3.59. The Hall–Kier alpha value is -1.73. The van der Waals surface area contributed by atoms with Crippen molar-refractivity contribution in [2.24, 2.45) is 5.92 Å². The summed E-state index contributed by atoms with van der Waals surface area (Å²) in [5.74, 6) is 1.29. The number of hydrogen-bond donors (Lipinski definition) is 2. The molecule has 0 aliphatic carbocycles. The Morgan fingerprint density at radius 3 is 3.00 bits per heavy atom. The molecule has 1 aliphatic rings. The highest BCUT2D eigenvalue weighted by Crippen LogP contribution is 2.34. The molecule has 0 amide bonds. The zero-order chi connectivity index (χ0) is 13.6. The summed E-state index contributed by atoms with van der Waals surface area (Å²) in [6, 6.07) is 0. The molecule has 2 aromatic heterocycles. The Kier molecular flexibility index (Phi) is 2.87. The summed E-state index contributed by atoms with van der Waals surface area (Å²) in [5.41, 5.74) is 7.12. The molecule has 0 saturated carbocycles. The zero-order valence-corrected chi connectivity index (χ0v) is 10.9. The molecule has 2 aromatic rings. The standard InChI is InChI=1S/C12H17N5O2/c1-6-3-9(19-8(6)4-18)17-5-14-10-11(13)15-7(2)16-12(10)17/h5-6,8-9,18H,3-4H2,1-2H3,(H2,13,15,16). The molecule has 7 heteroatoms. The highest BCUT2D eigenvalue weighted by atomic mass is 16.5. The monoisotopic (exact) mass is 263 g/mol. The number of aliphatic hydroxyl groups is 1. The van der Waals surface area contributed by atoms with Gasteiger partial charge in [0.15, 0.2) is 11.5 Å². The van der Waals surface area contributed by atoms with Gasteiger partial charge in [-0.25, -0.2) is 15.0 Å². The van der Waals surface area contributed by atoms with Crippen LogP contribution in [-0.2, 0) is 4.74 Å². The van der Waals surface area contributed by atoms with E-state index in [1.807, 2.05) is 4.57 Å². The van der Waals surface area contributed by atoms with Gasteiger partial charge in [0.2, 0.25) is 0 Å². The smallest absolute Gasteiger partial charge is 0.167 e. The van der Waals surface area contributed by atoms with Crippen LogP contribution >= 0.6 is 0 Å². The Balaban J connectivity index is 2.02. The van der Waals surface area contributed by atoms with Crippen molar-refractivity contribution in [3.8, 4) is 0 Å². The molecule has 1 aliphatic heterocycles. The molecule has 0 bridgehead atoms. The number of aliphatic hydroxyl groups excluding tert-OH is 1. The third kappa shape index (κ3) is 1.95. The minimum atomic E-state index is -0.161. The molecule has 3 atom stereocenters. The first kappa shape index (κ1) is 12.3. The van der Waals surface area contributed by atoms with E-state index in [9.17, 15) is 5.11 Å². The molecule has 102 valence electrons. The van der Waals surface area contributed by atoms with Gasteiger partial charge in [-0.05, 0) is 19.3 Å². The second-order valence-electron chi connectivity index (χ2n) is 5.00. The van der Waals surface area contributed by atoms with Crippen LogP contribution in [-0.4, -0.2) is 37.3 Å². The minimum absolute atomic E-state index is 0.0282. The number of nitrogens with zero attached hydrogens (tertiary/aromatic N) is 4. The fourth-order valence-electron chi connectivity index (χ4n) is 2.53. The highest BCUT2D eigenvalue weighted by molar-refractivity contribution is 5.81. The summed E-state index contributed by atoms with van der Waals surface area (Å²) in [5, 5.41) is 9.26. The first-order valence-electron chi connectivity index (χ1n) is 6.33. The van der Waals surface area contributed by atoms with Crippen LogP contribution in [0.15, 0.2) is 6.33 Å². The van der Waals surface area contributed by atoms with Gasteiger partial charge in [0.1, 0.15) is 17.6 Å². The van der Waals surface area contributed by atoms with Gasteiger partial charge in [0.25, 0.3) is 0 Å². The molecular weight excluding hydrogens is 246 g/mol. The lowest BCUT2D eigenvalue weighted by Crippen LogP contribution is -2.18. The summed E-state index contributed by atoms with van der Waals surface area (Å²) < 4.78 is 7.69. The second kappa shape index (κ2) is 4.43. The quantitative estimate of drug-likeness (QED) is 0.824. The van der Waals surface area contributed by atoms with Crippen LogP contribution in [0.5, 0.6) is 0 Å². The molecule has 1 fully saturated rings. The molecule has 3 unspecified atom stereocenters. The summed E-state index contributed by atoms with van der Waals surface area (Å²) in [4.78, 5) is 12.7. The number of hydrogen-bond acceptors (Lipinski definition) is 6. The average molecular weight is 263 g/mol. The van der Waals surface area contributed by atoms with Crippen LogP contribution in [0.25, 0.3) is 11.2 Å². The molecule has 0 spiro atoms. The number of aryl methyl sites for hydroxylation is 1. The van der Waals surface area contributed by atoms with Gasteiger partial charge in [-0.15, -0.1) is 0 Å². The van der Waals surface area contributed by atoms with E-state index in [4.69, 9.17) is 10.5 Å². The van der Waals surface area contributed by atoms with E-state index < -0.39 is 0 Å². The van der Waals surface area contributed by atoms with Gasteiger partial charge >= 0.3 is 0 Å². The lowest BCUT2D eigenvalue weighted by atomic mass is 10.0. The maximum atomic E-state index is 9.26. The van der Waals surface area contributed by atoms with Crippen molar-refractivity contribution in [1.29, 1.82) is 0 Å². The summed E-state index contributed by atoms with van der Waals surface area (Å²) >= 11 is 0. The normalized spacial score (nSPS) is 27.2. The summed E-state index contributed by atoms with van der Waals surface area (Å²) in [7, 11) is 0. The van der Waals surface area contributed by atoms with Gasteiger partial charge in [-0.1, -0.05) is 6.92 Å². The van der Waals surface area contributed by atoms with Crippen molar-refractivity contribution in [3.05, 3.63) is 12.2 Å². The molecule has 1 saturated heterocycles. The van der Waals surface area contributed by atoms with Crippen molar-refractivity contribution in [3.63, 3.8) is 0 Å². The van der Waals surface area contributed by atoms with Gasteiger partial charge in [-0.3, -0.25) is 4.57 Å².